The molecular formula is C17H23Cl2N5OS. The number of hydrogen-bond donors (Lipinski definition) is 2. The molecule has 6 nitrogen and oxygen atoms in total. The Bertz CT molecular complexity index is 715. The fourth-order valence-corrected chi connectivity index (χ4v) is 4.92. The number of rotatable bonds is 3. The summed E-state index contributed by atoms with van der Waals surface area (Å²) in [5.74, 6) is 0.933. The van der Waals surface area contributed by atoms with Gasteiger partial charge in [-0.15, -0.1) is 36.2 Å². The van der Waals surface area contributed by atoms with Crippen LogP contribution in [-0.4, -0.2) is 32.9 Å². The van der Waals surface area contributed by atoms with E-state index in [2.05, 4.69) is 20.3 Å². The van der Waals surface area contributed by atoms with Gasteiger partial charge < -0.3 is 11.1 Å². The summed E-state index contributed by atoms with van der Waals surface area (Å²) in [7, 11) is 0. The minimum Gasteiger partial charge on any atom is -0.347 e. The lowest BCUT2D eigenvalue weighted by molar-refractivity contribution is 0.0752. The maximum Gasteiger partial charge on any atom is 0.271 e. The largest absolute Gasteiger partial charge is 0.347 e. The second-order valence-electron chi connectivity index (χ2n) is 6.81. The van der Waals surface area contributed by atoms with Crippen LogP contribution in [0.2, 0.25) is 0 Å². The molecule has 26 heavy (non-hydrogen) atoms. The molecule has 4 rings (SSSR count). The second kappa shape index (κ2) is 9.08. The van der Waals surface area contributed by atoms with Crippen molar-refractivity contribution in [2.75, 3.05) is 0 Å². The van der Waals surface area contributed by atoms with Crippen molar-refractivity contribution in [2.45, 2.75) is 44.2 Å². The molecule has 9 heteroatoms. The van der Waals surface area contributed by atoms with E-state index in [-0.39, 0.29) is 42.8 Å². The molecule has 2 bridgehead atoms. The smallest absolute Gasteiger partial charge is 0.271 e. The monoisotopic (exact) mass is 415 g/mol. The normalized spacial score (nSPS) is 27.0. The van der Waals surface area contributed by atoms with E-state index < -0.39 is 0 Å². The van der Waals surface area contributed by atoms with Crippen LogP contribution in [0.25, 0.3) is 10.7 Å². The third-order valence-corrected chi connectivity index (χ3v) is 6.06. The summed E-state index contributed by atoms with van der Waals surface area (Å²) in [5.41, 5.74) is 7.32. The fraction of sp³-hybridized carbons (Fsp3) is 0.529. The standard InChI is InChI=1S/C17H21N5OS.2ClH/c18-12-6-10-2-1-3-11(7-12)15(10)22-16(23)14-9-24-17(21-14)13-8-19-4-5-20-13;;/h4-5,8-12,15H,1-3,6-7,18H2,(H,22,23);2*1H. The molecule has 3 N–H and O–H groups in total. The Morgan fingerprint density at radius 1 is 1.19 bits per heavy atom. The lowest BCUT2D eigenvalue weighted by atomic mass is 9.67. The van der Waals surface area contributed by atoms with Crippen LogP contribution in [0, 0.1) is 11.8 Å². The number of nitrogens with two attached hydrogens (primary N) is 1. The number of carbonyl (C=O) groups is 1. The Morgan fingerprint density at radius 2 is 1.92 bits per heavy atom. The van der Waals surface area contributed by atoms with Gasteiger partial charge in [-0.05, 0) is 37.5 Å². The van der Waals surface area contributed by atoms with E-state index in [4.69, 9.17) is 5.73 Å². The van der Waals surface area contributed by atoms with Crippen LogP contribution in [0.1, 0.15) is 42.6 Å². The number of carbonyl (C=O) groups excluding carboxylic acids is 1. The molecule has 0 spiro atoms. The summed E-state index contributed by atoms with van der Waals surface area (Å²) in [4.78, 5) is 25.3. The first kappa shape index (κ1) is 21.0. The molecule has 2 saturated carbocycles. The van der Waals surface area contributed by atoms with Crippen LogP contribution in [0.15, 0.2) is 24.0 Å². The lowest BCUT2D eigenvalue weighted by Crippen LogP contribution is -2.53. The molecule has 2 heterocycles. The molecule has 0 aliphatic heterocycles. The zero-order valence-electron chi connectivity index (χ0n) is 14.2. The predicted octanol–water partition coefficient (Wildman–Crippen LogP) is 3.08. The second-order valence-corrected chi connectivity index (χ2v) is 7.67. The zero-order chi connectivity index (χ0) is 16.5. The van der Waals surface area contributed by atoms with Gasteiger partial charge >= 0.3 is 0 Å². The molecule has 2 aliphatic rings. The maximum atomic E-state index is 12.6. The molecule has 0 radical (unpaired) electrons. The molecule has 2 aliphatic carbocycles. The summed E-state index contributed by atoms with van der Waals surface area (Å²) in [6, 6.07) is 0.531. The Balaban J connectivity index is 0.00000121. The first-order chi connectivity index (χ1) is 11.7. The van der Waals surface area contributed by atoms with Gasteiger partial charge in [-0.2, -0.15) is 0 Å². The summed E-state index contributed by atoms with van der Waals surface area (Å²) in [6.45, 7) is 0. The molecule has 2 atom stereocenters. The average Bonchev–Trinajstić information content (AvgIpc) is 3.07. The number of hydrogen-bond acceptors (Lipinski definition) is 6. The highest BCUT2D eigenvalue weighted by Gasteiger charge is 2.40. The van der Waals surface area contributed by atoms with Crippen molar-refractivity contribution >= 4 is 42.1 Å². The van der Waals surface area contributed by atoms with Gasteiger partial charge in [0.1, 0.15) is 16.4 Å². The number of thiazole rings is 1. The highest BCUT2D eigenvalue weighted by atomic mass is 35.5. The number of fused-ring (bicyclic) bond motifs is 2. The van der Waals surface area contributed by atoms with Crippen LogP contribution in [0.4, 0.5) is 0 Å². The Morgan fingerprint density at radius 3 is 2.58 bits per heavy atom. The molecule has 2 fully saturated rings. The Kier molecular flexibility index (Phi) is 7.34. The number of aromatic nitrogens is 3. The van der Waals surface area contributed by atoms with Crippen LogP contribution < -0.4 is 11.1 Å². The molecule has 2 aromatic rings. The molecule has 1 amide bonds. The lowest BCUT2D eigenvalue weighted by Gasteiger charge is -2.45. The minimum atomic E-state index is -0.0845. The van der Waals surface area contributed by atoms with Crippen LogP contribution in [-0.2, 0) is 0 Å². The van der Waals surface area contributed by atoms with Gasteiger partial charge in [0.25, 0.3) is 5.91 Å². The fourth-order valence-electron chi connectivity index (χ4n) is 4.16. The third-order valence-electron chi connectivity index (χ3n) is 5.19. The van der Waals surface area contributed by atoms with E-state index in [1.165, 1.54) is 17.8 Å². The van der Waals surface area contributed by atoms with Crippen LogP contribution in [0.3, 0.4) is 0 Å². The molecule has 0 aromatic carbocycles. The van der Waals surface area contributed by atoms with Crippen LogP contribution >= 0.6 is 36.2 Å². The summed E-state index contributed by atoms with van der Waals surface area (Å²) in [6.07, 6.45) is 10.5. The molecule has 2 aromatic heterocycles. The maximum absolute atomic E-state index is 12.6. The number of nitrogens with zero attached hydrogens (tertiary/aromatic N) is 3. The van der Waals surface area contributed by atoms with Crippen molar-refractivity contribution in [3.05, 3.63) is 29.7 Å². The zero-order valence-corrected chi connectivity index (χ0v) is 16.7. The van der Waals surface area contributed by atoms with Gasteiger partial charge in [0.15, 0.2) is 0 Å². The molecular weight excluding hydrogens is 393 g/mol. The molecule has 142 valence electrons. The van der Waals surface area contributed by atoms with Crippen molar-refractivity contribution in [1.82, 2.24) is 20.3 Å². The van der Waals surface area contributed by atoms with Crippen molar-refractivity contribution in [2.24, 2.45) is 17.6 Å². The summed E-state index contributed by atoms with van der Waals surface area (Å²) in [5, 5.41) is 5.75. The van der Waals surface area contributed by atoms with Crippen molar-refractivity contribution in [1.29, 1.82) is 0 Å². The van der Waals surface area contributed by atoms with E-state index >= 15 is 0 Å². The minimum absolute atomic E-state index is 0. The van der Waals surface area contributed by atoms with Crippen LogP contribution in [0.5, 0.6) is 0 Å². The highest BCUT2D eigenvalue weighted by Crippen LogP contribution is 2.39. The van der Waals surface area contributed by atoms with E-state index in [1.807, 2.05) is 0 Å². The topological polar surface area (TPSA) is 93.8 Å². The van der Waals surface area contributed by atoms with Gasteiger partial charge in [0, 0.05) is 29.9 Å². The quantitative estimate of drug-likeness (QED) is 0.802. The van der Waals surface area contributed by atoms with Crippen molar-refractivity contribution < 1.29 is 4.79 Å². The molecule has 0 saturated heterocycles. The van der Waals surface area contributed by atoms with Gasteiger partial charge in [-0.3, -0.25) is 14.8 Å². The van der Waals surface area contributed by atoms with Crippen molar-refractivity contribution in [3.8, 4) is 10.7 Å². The summed E-state index contributed by atoms with van der Waals surface area (Å²) < 4.78 is 0. The van der Waals surface area contributed by atoms with E-state index in [1.54, 1.807) is 24.0 Å². The molecule has 2 unspecified atom stereocenters. The average molecular weight is 416 g/mol. The van der Waals surface area contributed by atoms with Gasteiger partial charge in [-0.1, -0.05) is 6.42 Å². The van der Waals surface area contributed by atoms with E-state index in [0.717, 1.165) is 30.7 Å². The van der Waals surface area contributed by atoms with Gasteiger partial charge in [-0.25, -0.2) is 4.98 Å². The first-order valence-electron chi connectivity index (χ1n) is 8.49. The summed E-state index contributed by atoms with van der Waals surface area (Å²) >= 11 is 1.42. The Labute approximate surface area is 169 Å². The van der Waals surface area contributed by atoms with Gasteiger partial charge in [0.2, 0.25) is 0 Å². The third kappa shape index (κ3) is 4.34. The SMILES string of the molecule is Cl.Cl.NC1CC2CCCC(C1)C2NC(=O)c1csc(-c2cnccn2)n1. The van der Waals surface area contributed by atoms with E-state index in [9.17, 15) is 4.79 Å². The number of halogens is 2. The first-order valence-corrected chi connectivity index (χ1v) is 9.37. The Hall–Kier alpha value is -1.28. The number of nitrogens with one attached hydrogen (secondary N) is 1. The van der Waals surface area contributed by atoms with E-state index in [0.29, 0.717) is 23.2 Å². The number of amides is 1. The van der Waals surface area contributed by atoms with Crippen molar-refractivity contribution in [3.63, 3.8) is 0 Å². The predicted molar refractivity (Wildman–Crippen MR) is 107 cm³/mol. The highest BCUT2D eigenvalue weighted by molar-refractivity contribution is 7.13. The van der Waals surface area contributed by atoms with Gasteiger partial charge in [0.05, 0.1) is 6.20 Å².